The molecule has 2 heterocycles. The number of cyclic esters (lactones) is 1. The van der Waals surface area contributed by atoms with E-state index in [9.17, 15) is 19.2 Å². The zero-order valence-corrected chi connectivity index (χ0v) is 18.9. The molecule has 1 unspecified atom stereocenters. The molecule has 0 bridgehead atoms. The first kappa shape index (κ1) is 22.4. The third-order valence-corrected chi connectivity index (χ3v) is 7.72. The van der Waals surface area contributed by atoms with Crippen molar-refractivity contribution in [2.45, 2.75) is 65.6 Å². The van der Waals surface area contributed by atoms with Crippen molar-refractivity contribution < 1.29 is 37.9 Å². The third-order valence-electron chi connectivity index (χ3n) is 7.72. The lowest BCUT2D eigenvalue weighted by molar-refractivity contribution is -0.211. The molecule has 7 atom stereocenters. The summed E-state index contributed by atoms with van der Waals surface area (Å²) in [6.45, 7) is 6.66. The van der Waals surface area contributed by atoms with Crippen LogP contribution in [0.3, 0.4) is 0 Å². The van der Waals surface area contributed by atoms with Crippen molar-refractivity contribution >= 4 is 23.7 Å². The van der Waals surface area contributed by atoms with Crippen molar-refractivity contribution in [2.24, 2.45) is 28.6 Å². The predicted molar refractivity (Wildman–Crippen MR) is 106 cm³/mol. The number of ketones is 1. The van der Waals surface area contributed by atoms with Crippen LogP contribution in [0.4, 0.5) is 0 Å². The van der Waals surface area contributed by atoms with E-state index in [1.807, 2.05) is 13.8 Å². The molecule has 10 nitrogen and oxygen atoms in total. The highest BCUT2D eigenvalue weighted by atomic mass is 16.6. The fourth-order valence-corrected chi connectivity index (χ4v) is 6.40. The van der Waals surface area contributed by atoms with E-state index in [2.05, 4.69) is 10.1 Å². The van der Waals surface area contributed by atoms with Gasteiger partial charge in [0.15, 0.2) is 23.8 Å². The van der Waals surface area contributed by atoms with Gasteiger partial charge in [0.25, 0.3) is 5.89 Å². The summed E-state index contributed by atoms with van der Waals surface area (Å²) in [6, 6.07) is 0. The van der Waals surface area contributed by atoms with Gasteiger partial charge >= 0.3 is 17.9 Å². The average molecular weight is 448 g/mol. The monoisotopic (exact) mass is 448 g/mol. The van der Waals surface area contributed by atoms with Crippen molar-refractivity contribution in [2.75, 3.05) is 7.11 Å². The molecule has 1 aromatic rings. The highest BCUT2D eigenvalue weighted by molar-refractivity contribution is 5.93. The Hall–Kier alpha value is -2.78. The minimum Gasteiger partial charge on any atom is -0.469 e. The molecule has 3 aliphatic rings. The van der Waals surface area contributed by atoms with Gasteiger partial charge < -0.3 is 18.7 Å². The van der Waals surface area contributed by atoms with Crippen LogP contribution >= 0.6 is 0 Å². The molecule has 2 aliphatic carbocycles. The molecule has 1 saturated heterocycles. The topological polar surface area (TPSA) is 135 Å². The standard InChI is InChI=1S/C22H28N2O8/c1-10-23-18(32-24-10)15-9-22(4)12(20(28)31-15)6-7-21(3)13(19(27)29-5)8-14(30-11(2)25)16(26)17(21)22/h12-15,17H,6-9H2,1-5H3/t12?,13-,14-,15-,17-,21-,22-/m0/s1. The third kappa shape index (κ3) is 3.31. The Morgan fingerprint density at radius 1 is 1.19 bits per heavy atom. The number of esters is 3. The summed E-state index contributed by atoms with van der Waals surface area (Å²) in [5.41, 5.74) is -1.63. The molecular formula is C22H28N2O8. The Morgan fingerprint density at radius 2 is 1.91 bits per heavy atom. The van der Waals surface area contributed by atoms with Crippen LogP contribution in [0.5, 0.6) is 0 Å². The van der Waals surface area contributed by atoms with Gasteiger partial charge in [0, 0.05) is 25.7 Å². The smallest absolute Gasteiger partial charge is 0.310 e. The van der Waals surface area contributed by atoms with E-state index in [1.54, 1.807) is 6.92 Å². The molecule has 3 fully saturated rings. The Labute approximate surface area is 185 Å². The normalized spacial score (nSPS) is 38.8. The minimum atomic E-state index is -1.08. The Balaban J connectivity index is 1.79. The van der Waals surface area contributed by atoms with Crippen molar-refractivity contribution in [3.05, 3.63) is 11.7 Å². The maximum Gasteiger partial charge on any atom is 0.310 e. The van der Waals surface area contributed by atoms with Gasteiger partial charge in [-0.2, -0.15) is 4.98 Å². The van der Waals surface area contributed by atoms with Crippen molar-refractivity contribution in [3.8, 4) is 0 Å². The zero-order valence-electron chi connectivity index (χ0n) is 18.9. The molecule has 0 aromatic carbocycles. The van der Waals surface area contributed by atoms with Crippen LogP contribution in [0.25, 0.3) is 0 Å². The Bertz CT molecular complexity index is 973. The summed E-state index contributed by atoms with van der Waals surface area (Å²) in [6.07, 6.45) is -0.599. The van der Waals surface area contributed by atoms with Gasteiger partial charge in [-0.25, -0.2) is 0 Å². The van der Waals surface area contributed by atoms with E-state index in [0.29, 0.717) is 18.7 Å². The van der Waals surface area contributed by atoms with Gasteiger partial charge in [-0.05, 0) is 30.6 Å². The number of hydrogen-bond donors (Lipinski definition) is 0. The average Bonchev–Trinajstić information content (AvgIpc) is 3.14. The molecule has 2 saturated carbocycles. The summed E-state index contributed by atoms with van der Waals surface area (Å²) in [5, 5.41) is 3.78. The molecule has 0 spiro atoms. The van der Waals surface area contributed by atoms with Crippen LogP contribution in [0.1, 0.15) is 64.3 Å². The molecular weight excluding hydrogens is 420 g/mol. The molecule has 32 heavy (non-hydrogen) atoms. The largest absolute Gasteiger partial charge is 0.469 e. The molecule has 10 heteroatoms. The number of rotatable bonds is 3. The van der Waals surface area contributed by atoms with Crippen LogP contribution in [0, 0.1) is 35.5 Å². The van der Waals surface area contributed by atoms with Crippen molar-refractivity contribution in [1.29, 1.82) is 0 Å². The number of methoxy groups -OCH3 is 1. The number of hydrogen-bond acceptors (Lipinski definition) is 10. The second-order valence-electron chi connectivity index (χ2n) is 9.66. The van der Waals surface area contributed by atoms with E-state index in [1.165, 1.54) is 14.0 Å². The molecule has 0 amide bonds. The second kappa shape index (κ2) is 7.67. The zero-order chi connectivity index (χ0) is 23.4. The first-order valence-corrected chi connectivity index (χ1v) is 10.8. The lowest BCUT2D eigenvalue weighted by atomic mass is 9.43. The molecule has 0 radical (unpaired) electrons. The fraction of sp³-hybridized carbons (Fsp3) is 0.727. The van der Waals surface area contributed by atoms with Crippen LogP contribution in [0.2, 0.25) is 0 Å². The van der Waals surface area contributed by atoms with E-state index in [-0.39, 0.29) is 24.5 Å². The van der Waals surface area contributed by atoms with Gasteiger partial charge in [-0.1, -0.05) is 19.0 Å². The predicted octanol–water partition coefficient (Wildman–Crippen LogP) is 2.10. The minimum absolute atomic E-state index is 0.0650. The number of carbonyl (C=O) groups is 4. The number of Topliss-reactive ketones (excluding diaryl/α,β-unsaturated/α-hetero) is 1. The highest BCUT2D eigenvalue weighted by Crippen LogP contribution is 2.65. The SMILES string of the molecule is COC(=O)[C@@H]1C[C@H](OC(C)=O)C(=O)[C@H]2[C@@]1(C)CCC1C(=O)O[C@H](c3nc(C)no3)C[C@@]12C. The lowest BCUT2D eigenvalue weighted by Gasteiger charge is -2.60. The number of fused-ring (bicyclic) bond motifs is 3. The second-order valence-corrected chi connectivity index (χ2v) is 9.66. The van der Waals surface area contributed by atoms with Gasteiger partial charge in [-0.15, -0.1) is 0 Å². The molecule has 174 valence electrons. The number of aryl methyl sites for hydroxylation is 1. The molecule has 1 aliphatic heterocycles. The lowest BCUT2D eigenvalue weighted by Crippen LogP contribution is -2.64. The van der Waals surface area contributed by atoms with Crippen LogP contribution < -0.4 is 0 Å². The quantitative estimate of drug-likeness (QED) is 0.499. The van der Waals surface area contributed by atoms with E-state index in [0.717, 1.165) is 0 Å². The number of carbonyl (C=O) groups excluding carboxylic acids is 4. The van der Waals surface area contributed by atoms with Crippen LogP contribution in [0.15, 0.2) is 4.52 Å². The van der Waals surface area contributed by atoms with Gasteiger partial charge in [0.05, 0.1) is 18.9 Å². The van der Waals surface area contributed by atoms with E-state index >= 15 is 0 Å². The molecule has 4 rings (SSSR count). The summed E-state index contributed by atoms with van der Waals surface area (Å²) in [4.78, 5) is 55.5. The number of ether oxygens (including phenoxy) is 3. The summed E-state index contributed by atoms with van der Waals surface area (Å²) >= 11 is 0. The Kier molecular flexibility index (Phi) is 5.37. The fourth-order valence-electron chi connectivity index (χ4n) is 6.40. The number of aromatic nitrogens is 2. The first-order chi connectivity index (χ1) is 15.0. The molecule has 1 aromatic heterocycles. The van der Waals surface area contributed by atoms with Gasteiger partial charge in [-0.3, -0.25) is 19.2 Å². The van der Waals surface area contributed by atoms with E-state index < -0.39 is 58.7 Å². The maximum absolute atomic E-state index is 13.7. The van der Waals surface area contributed by atoms with Crippen molar-refractivity contribution in [1.82, 2.24) is 10.1 Å². The van der Waals surface area contributed by atoms with Crippen LogP contribution in [-0.4, -0.2) is 47.0 Å². The molecule has 0 N–H and O–H groups in total. The summed E-state index contributed by atoms with van der Waals surface area (Å²) in [5.74, 6) is -3.10. The van der Waals surface area contributed by atoms with E-state index in [4.69, 9.17) is 18.7 Å². The first-order valence-electron chi connectivity index (χ1n) is 10.8. The number of nitrogens with zero attached hydrogens (tertiary/aromatic N) is 2. The van der Waals surface area contributed by atoms with Crippen LogP contribution in [-0.2, 0) is 33.4 Å². The summed E-state index contributed by atoms with van der Waals surface area (Å²) in [7, 11) is 1.30. The highest BCUT2D eigenvalue weighted by Gasteiger charge is 2.68. The maximum atomic E-state index is 13.7. The van der Waals surface area contributed by atoms with Gasteiger partial charge in [0.2, 0.25) is 0 Å². The summed E-state index contributed by atoms with van der Waals surface area (Å²) < 4.78 is 21.3. The van der Waals surface area contributed by atoms with Crippen molar-refractivity contribution in [3.63, 3.8) is 0 Å². The Morgan fingerprint density at radius 3 is 2.50 bits per heavy atom. The van der Waals surface area contributed by atoms with Gasteiger partial charge in [0.1, 0.15) is 0 Å².